The van der Waals surface area contributed by atoms with Crippen LogP contribution in [0.25, 0.3) is 11.2 Å². The molecule has 0 aliphatic carbocycles. The van der Waals surface area contributed by atoms with Crippen LogP contribution in [-0.2, 0) is 13.1 Å². The molecule has 8 nitrogen and oxygen atoms in total. The van der Waals surface area contributed by atoms with E-state index in [2.05, 4.69) is 25.3 Å². The van der Waals surface area contributed by atoms with Gasteiger partial charge >= 0.3 is 0 Å². The van der Waals surface area contributed by atoms with Gasteiger partial charge in [0.05, 0.1) is 17.4 Å². The maximum atomic E-state index is 5.60. The lowest BCUT2D eigenvalue weighted by atomic mass is 10.4. The third-order valence-electron chi connectivity index (χ3n) is 2.52. The number of hydrogen-bond acceptors (Lipinski definition) is 6. The minimum atomic E-state index is 0.373. The third kappa shape index (κ3) is 1.89. The first-order valence-corrected chi connectivity index (χ1v) is 5.45. The van der Waals surface area contributed by atoms with Gasteiger partial charge in [0.15, 0.2) is 5.65 Å². The second-order valence-corrected chi connectivity index (χ2v) is 3.90. The van der Waals surface area contributed by atoms with Gasteiger partial charge < -0.3 is 16.5 Å². The molecule has 3 heterocycles. The zero-order chi connectivity index (χ0) is 12.5. The van der Waals surface area contributed by atoms with E-state index in [0.29, 0.717) is 24.6 Å². The van der Waals surface area contributed by atoms with Gasteiger partial charge in [-0.05, 0) is 12.1 Å². The van der Waals surface area contributed by atoms with Crippen LogP contribution in [0.1, 0.15) is 11.5 Å². The van der Waals surface area contributed by atoms with Crippen LogP contribution >= 0.6 is 0 Å². The van der Waals surface area contributed by atoms with Crippen molar-refractivity contribution in [2.75, 3.05) is 5.73 Å². The smallest absolute Gasteiger partial charge is 0.179 e. The number of H-pyrrole nitrogens is 1. The van der Waals surface area contributed by atoms with E-state index in [4.69, 9.17) is 11.5 Å². The first kappa shape index (κ1) is 10.7. The summed E-state index contributed by atoms with van der Waals surface area (Å²) in [4.78, 5) is 11.6. The lowest BCUT2D eigenvalue weighted by Gasteiger charge is -1.94. The Morgan fingerprint density at radius 3 is 2.94 bits per heavy atom. The molecule has 0 atom stereocenters. The van der Waals surface area contributed by atoms with Crippen molar-refractivity contribution in [3.05, 3.63) is 29.8 Å². The Bertz CT molecular complexity index is 682. The van der Waals surface area contributed by atoms with E-state index in [1.54, 1.807) is 16.9 Å². The van der Waals surface area contributed by atoms with Crippen molar-refractivity contribution in [2.24, 2.45) is 5.73 Å². The highest BCUT2D eigenvalue weighted by Crippen LogP contribution is 2.11. The average molecular weight is 244 g/mol. The number of nitrogens with one attached hydrogen (secondary N) is 1. The van der Waals surface area contributed by atoms with Crippen molar-refractivity contribution in [2.45, 2.75) is 13.1 Å². The van der Waals surface area contributed by atoms with Gasteiger partial charge in [-0.2, -0.15) is 0 Å². The molecule has 18 heavy (non-hydrogen) atoms. The number of nitrogens with zero attached hydrogens (tertiary/aromatic N) is 5. The molecule has 8 heteroatoms. The van der Waals surface area contributed by atoms with Crippen molar-refractivity contribution in [1.82, 2.24) is 29.9 Å². The SMILES string of the molecule is NCc1cn(Cc2nc3nc(N)ccc3[nH]2)nn1. The molecule has 0 aliphatic heterocycles. The quantitative estimate of drug-likeness (QED) is 0.577. The Kier molecular flexibility index (Phi) is 2.41. The lowest BCUT2D eigenvalue weighted by molar-refractivity contribution is 0.630. The molecule has 0 bridgehead atoms. The van der Waals surface area contributed by atoms with Crippen LogP contribution in [0, 0.1) is 0 Å². The number of hydrogen-bond donors (Lipinski definition) is 3. The monoisotopic (exact) mass is 244 g/mol. The standard InChI is InChI=1S/C10H12N8/c11-3-6-4-18(17-16-6)5-9-13-7-1-2-8(12)14-10(7)15-9/h1-2,4H,3,5,11H2,(H3,12,13,14,15). The number of rotatable bonds is 3. The van der Waals surface area contributed by atoms with Crippen molar-refractivity contribution < 1.29 is 0 Å². The molecule has 0 saturated carbocycles. The van der Waals surface area contributed by atoms with E-state index in [1.807, 2.05) is 6.07 Å². The van der Waals surface area contributed by atoms with Gasteiger partial charge in [-0.1, -0.05) is 5.21 Å². The first-order valence-electron chi connectivity index (χ1n) is 5.45. The zero-order valence-electron chi connectivity index (χ0n) is 9.54. The van der Waals surface area contributed by atoms with Gasteiger partial charge in [0.2, 0.25) is 0 Å². The highest BCUT2D eigenvalue weighted by molar-refractivity contribution is 5.72. The second kappa shape index (κ2) is 4.08. The van der Waals surface area contributed by atoms with Gasteiger partial charge in [0.25, 0.3) is 0 Å². The topological polar surface area (TPSA) is 124 Å². The van der Waals surface area contributed by atoms with Crippen molar-refractivity contribution in [3.63, 3.8) is 0 Å². The minimum absolute atomic E-state index is 0.373. The summed E-state index contributed by atoms with van der Waals surface area (Å²) < 4.78 is 1.67. The van der Waals surface area contributed by atoms with Crippen LogP contribution in [0.5, 0.6) is 0 Å². The van der Waals surface area contributed by atoms with Gasteiger partial charge in [-0.3, -0.25) is 0 Å². The molecule has 0 aliphatic rings. The number of aromatic amines is 1. The van der Waals surface area contributed by atoms with Crippen LogP contribution in [-0.4, -0.2) is 29.9 Å². The predicted molar refractivity (Wildman–Crippen MR) is 65.3 cm³/mol. The number of nitrogen functional groups attached to an aromatic ring is 1. The number of fused-ring (bicyclic) bond motifs is 1. The summed E-state index contributed by atoms with van der Waals surface area (Å²) in [5, 5.41) is 7.86. The van der Waals surface area contributed by atoms with E-state index in [9.17, 15) is 0 Å². The Morgan fingerprint density at radius 2 is 2.17 bits per heavy atom. The average Bonchev–Trinajstić information content (AvgIpc) is 2.95. The molecule has 3 rings (SSSR count). The van der Waals surface area contributed by atoms with Crippen molar-refractivity contribution in [1.29, 1.82) is 0 Å². The highest BCUT2D eigenvalue weighted by Gasteiger charge is 2.06. The Balaban J connectivity index is 1.90. The first-order chi connectivity index (χ1) is 8.74. The normalized spacial score (nSPS) is 11.2. The number of anilines is 1. The Hall–Kier alpha value is -2.48. The predicted octanol–water partition coefficient (Wildman–Crippen LogP) is -0.361. The summed E-state index contributed by atoms with van der Waals surface area (Å²) in [5.41, 5.74) is 13.3. The lowest BCUT2D eigenvalue weighted by Crippen LogP contribution is -2.02. The molecule has 0 radical (unpaired) electrons. The van der Waals surface area contributed by atoms with E-state index in [1.165, 1.54) is 0 Å². The fourth-order valence-corrected chi connectivity index (χ4v) is 1.69. The maximum absolute atomic E-state index is 5.60. The van der Waals surface area contributed by atoms with Gasteiger partial charge in [0.1, 0.15) is 18.2 Å². The number of nitrogens with two attached hydrogens (primary N) is 2. The maximum Gasteiger partial charge on any atom is 0.179 e. The molecule has 0 saturated heterocycles. The molecule has 0 spiro atoms. The van der Waals surface area contributed by atoms with Gasteiger partial charge in [-0.25, -0.2) is 14.6 Å². The summed E-state index contributed by atoms with van der Waals surface area (Å²) in [6, 6.07) is 3.58. The number of pyridine rings is 1. The molecule has 0 amide bonds. The fourth-order valence-electron chi connectivity index (χ4n) is 1.69. The number of aromatic nitrogens is 6. The third-order valence-corrected chi connectivity index (χ3v) is 2.52. The summed E-state index contributed by atoms with van der Waals surface area (Å²) in [6.07, 6.45) is 1.79. The summed E-state index contributed by atoms with van der Waals surface area (Å²) in [7, 11) is 0. The van der Waals surface area contributed by atoms with E-state index >= 15 is 0 Å². The number of imidazole rings is 1. The summed E-state index contributed by atoms with van der Waals surface area (Å²) >= 11 is 0. The molecular formula is C10H12N8. The molecule has 3 aromatic heterocycles. The largest absolute Gasteiger partial charge is 0.384 e. The Labute approximate surface area is 102 Å². The van der Waals surface area contributed by atoms with Crippen molar-refractivity contribution >= 4 is 17.0 Å². The van der Waals surface area contributed by atoms with Crippen LogP contribution in [0.2, 0.25) is 0 Å². The minimum Gasteiger partial charge on any atom is -0.384 e. The highest BCUT2D eigenvalue weighted by atomic mass is 15.4. The molecule has 92 valence electrons. The van der Waals surface area contributed by atoms with E-state index in [-0.39, 0.29) is 0 Å². The van der Waals surface area contributed by atoms with Crippen molar-refractivity contribution in [3.8, 4) is 0 Å². The molecule has 0 aromatic carbocycles. The van der Waals surface area contributed by atoms with Gasteiger partial charge in [0, 0.05) is 6.54 Å². The molecule has 3 aromatic rings. The van der Waals surface area contributed by atoms with Gasteiger partial charge in [-0.15, -0.1) is 5.10 Å². The fraction of sp³-hybridized carbons (Fsp3) is 0.200. The van der Waals surface area contributed by atoms with Crippen LogP contribution in [0.4, 0.5) is 5.82 Å². The summed E-state index contributed by atoms with van der Waals surface area (Å²) in [6.45, 7) is 0.863. The van der Waals surface area contributed by atoms with Crippen LogP contribution < -0.4 is 11.5 Å². The molecule has 0 unspecified atom stereocenters. The van der Waals surface area contributed by atoms with E-state index in [0.717, 1.165) is 17.0 Å². The zero-order valence-corrected chi connectivity index (χ0v) is 9.54. The molecule has 0 fully saturated rings. The van der Waals surface area contributed by atoms with Crippen LogP contribution in [0.15, 0.2) is 18.3 Å². The second-order valence-electron chi connectivity index (χ2n) is 3.90. The summed E-state index contributed by atoms with van der Waals surface area (Å²) in [5.74, 6) is 1.20. The molecular weight excluding hydrogens is 232 g/mol. The van der Waals surface area contributed by atoms with E-state index < -0.39 is 0 Å². The Morgan fingerprint density at radius 1 is 1.28 bits per heavy atom. The molecule has 5 N–H and O–H groups in total. The van der Waals surface area contributed by atoms with Crippen LogP contribution in [0.3, 0.4) is 0 Å².